The van der Waals surface area contributed by atoms with Gasteiger partial charge in [0.2, 0.25) is 0 Å². The standard InChI is InChI=1S/C13H22N2O/c1-16-8-3-2-7-15-9-11-5-4-6-13(14)12(11)10-15/h9-10,13H,2-8,14H2,1H3. The Hall–Kier alpha value is -0.800. The fourth-order valence-electron chi connectivity index (χ4n) is 2.45. The van der Waals surface area contributed by atoms with Crippen molar-refractivity contribution in [2.24, 2.45) is 5.73 Å². The van der Waals surface area contributed by atoms with Crippen LogP contribution in [0.2, 0.25) is 0 Å². The van der Waals surface area contributed by atoms with E-state index in [4.69, 9.17) is 10.5 Å². The number of hydrogen-bond acceptors (Lipinski definition) is 2. The van der Waals surface area contributed by atoms with Crippen LogP contribution in [0.3, 0.4) is 0 Å². The van der Waals surface area contributed by atoms with Crippen molar-refractivity contribution in [2.75, 3.05) is 13.7 Å². The molecule has 0 saturated carbocycles. The lowest BCUT2D eigenvalue weighted by Crippen LogP contribution is -2.15. The molecule has 1 aliphatic rings. The fourth-order valence-corrected chi connectivity index (χ4v) is 2.45. The predicted octanol–water partition coefficient (Wildman–Crippen LogP) is 2.25. The largest absolute Gasteiger partial charge is 0.385 e. The third kappa shape index (κ3) is 2.66. The van der Waals surface area contributed by atoms with Crippen molar-refractivity contribution in [2.45, 2.75) is 44.7 Å². The zero-order valence-electron chi connectivity index (χ0n) is 10.1. The van der Waals surface area contributed by atoms with E-state index in [1.165, 1.54) is 30.4 Å². The van der Waals surface area contributed by atoms with E-state index < -0.39 is 0 Å². The van der Waals surface area contributed by atoms with Gasteiger partial charge in [-0.05, 0) is 43.2 Å². The zero-order chi connectivity index (χ0) is 11.4. The molecular weight excluding hydrogens is 200 g/mol. The summed E-state index contributed by atoms with van der Waals surface area (Å²) in [7, 11) is 1.76. The fraction of sp³-hybridized carbons (Fsp3) is 0.692. The average Bonchev–Trinajstić information content (AvgIpc) is 2.69. The number of nitrogens with zero attached hydrogens (tertiary/aromatic N) is 1. The van der Waals surface area contributed by atoms with Crippen LogP contribution in [-0.2, 0) is 17.7 Å². The third-order valence-electron chi connectivity index (χ3n) is 3.37. The van der Waals surface area contributed by atoms with E-state index in [-0.39, 0.29) is 6.04 Å². The molecule has 1 unspecified atom stereocenters. The molecule has 0 radical (unpaired) electrons. The number of unbranched alkanes of at least 4 members (excludes halogenated alkanes) is 1. The van der Waals surface area contributed by atoms with Gasteiger partial charge in [0.1, 0.15) is 0 Å². The van der Waals surface area contributed by atoms with Crippen LogP contribution < -0.4 is 5.73 Å². The molecule has 0 aromatic carbocycles. The summed E-state index contributed by atoms with van der Waals surface area (Å²) in [6.07, 6.45) is 10.4. The highest BCUT2D eigenvalue weighted by atomic mass is 16.5. The molecule has 2 N–H and O–H groups in total. The zero-order valence-corrected chi connectivity index (χ0v) is 10.1. The van der Waals surface area contributed by atoms with Crippen molar-refractivity contribution in [3.8, 4) is 0 Å². The van der Waals surface area contributed by atoms with E-state index >= 15 is 0 Å². The van der Waals surface area contributed by atoms with Crippen molar-refractivity contribution in [3.63, 3.8) is 0 Å². The molecule has 1 aromatic heterocycles. The second kappa shape index (κ2) is 5.51. The molecule has 3 nitrogen and oxygen atoms in total. The van der Waals surface area contributed by atoms with Crippen LogP contribution in [0.15, 0.2) is 12.4 Å². The van der Waals surface area contributed by atoms with E-state index in [2.05, 4.69) is 17.0 Å². The average molecular weight is 222 g/mol. The van der Waals surface area contributed by atoms with Crippen molar-refractivity contribution in [3.05, 3.63) is 23.5 Å². The number of nitrogens with two attached hydrogens (primary N) is 1. The molecule has 0 spiro atoms. The van der Waals surface area contributed by atoms with Gasteiger partial charge in [0.15, 0.2) is 0 Å². The Morgan fingerprint density at radius 2 is 2.31 bits per heavy atom. The second-order valence-electron chi connectivity index (χ2n) is 4.68. The van der Waals surface area contributed by atoms with E-state index in [0.29, 0.717) is 0 Å². The van der Waals surface area contributed by atoms with Gasteiger partial charge in [0.05, 0.1) is 0 Å². The molecule has 1 atom stereocenters. The molecule has 0 bridgehead atoms. The Labute approximate surface area is 97.6 Å². The Morgan fingerprint density at radius 3 is 3.06 bits per heavy atom. The molecule has 1 heterocycles. The van der Waals surface area contributed by atoms with Gasteiger partial charge < -0.3 is 15.0 Å². The van der Waals surface area contributed by atoms with Crippen molar-refractivity contribution >= 4 is 0 Å². The first-order chi connectivity index (χ1) is 7.81. The lowest BCUT2D eigenvalue weighted by molar-refractivity contribution is 0.191. The molecule has 0 amide bonds. The van der Waals surface area contributed by atoms with Crippen molar-refractivity contribution in [1.29, 1.82) is 0 Å². The van der Waals surface area contributed by atoms with Crippen molar-refractivity contribution in [1.82, 2.24) is 4.57 Å². The SMILES string of the molecule is COCCCCn1cc2c(c1)C(N)CCC2. The lowest BCUT2D eigenvalue weighted by Gasteiger charge is -2.17. The van der Waals surface area contributed by atoms with Crippen molar-refractivity contribution < 1.29 is 4.74 Å². The van der Waals surface area contributed by atoms with Crippen LogP contribution in [0.5, 0.6) is 0 Å². The summed E-state index contributed by atoms with van der Waals surface area (Å²) in [5.74, 6) is 0. The third-order valence-corrected chi connectivity index (χ3v) is 3.37. The quantitative estimate of drug-likeness (QED) is 0.776. The Kier molecular flexibility index (Phi) is 4.02. The maximum absolute atomic E-state index is 6.10. The molecule has 0 aliphatic heterocycles. The summed E-state index contributed by atoms with van der Waals surface area (Å²) < 4.78 is 7.35. The minimum absolute atomic E-state index is 0.268. The monoisotopic (exact) mass is 222 g/mol. The Morgan fingerprint density at radius 1 is 1.44 bits per heavy atom. The molecule has 0 fully saturated rings. The summed E-state index contributed by atoms with van der Waals surface area (Å²) >= 11 is 0. The normalized spacial score (nSPS) is 19.8. The van der Waals surface area contributed by atoms with Gasteiger partial charge in [-0.1, -0.05) is 0 Å². The van der Waals surface area contributed by atoms with Gasteiger partial charge in [0, 0.05) is 38.7 Å². The number of rotatable bonds is 5. The van der Waals surface area contributed by atoms with Gasteiger partial charge >= 0.3 is 0 Å². The maximum Gasteiger partial charge on any atom is 0.0462 e. The predicted molar refractivity (Wildman–Crippen MR) is 65.4 cm³/mol. The number of methoxy groups -OCH3 is 1. The van der Waals surface area contributed by atoms with E-state index in [1.807, 2.05) is 0 Å². The molecule has 16 heavy (non-hydrogen) atoms. The molecule has 1 aromatic rings. The molecule has 1 aliphatic carbocycles. The minimum atomic E-state index is 0.268. The van der Waals surface area contributed by atoms with Gasteiger partial charge in [-0.15, -0.1) is 0 Å². The summed E-state index contributed by atoms with van der Waals surface area (Å²) in [6, 6.07) is 0.268. The smallest absolute Gasteiger partial charge is 0.0462 e. The highest BCUT2D eigenvalue weighted by Crippen LogP contribution is 2.28. The van der Waals surface area contributed by atoms with E-state index in [1.54, 1.807) is 7.11 Å². The van der Waals surface area contributed by atoms with E-state index in [0.717, 1.165) is 26.0 Å². The van der Waals surface area contributed by atoms with Gasteiger partial charge in [0.25, 0.3) is 0 Å². The molecule has 3 heteroatoms. The first kappa shape index (κ1) is 11.7. The van der Waals surface area contributed by atoms with Crippen LogP contribution in [0.4, 0.5) is 0 Å². The molecule has 0 saturated heterocycles. The van der Waals surface area contributed by atoms with Gasteiger partial charge in [-0.2, -0.15) is 0 Å². The van der Waals surface area contributed by atoms with Crippen LogP contribution in [-0.4, -0.2) is 18.3 Å². The van der Waals surface area contributed by atoms with Crippen LogP contribution in [0.25, 0.3) is 0 Å². The minimum Gasteiger partial charge on any atom is -0.385 e. The first-order valence-corrected chi connectivity index (χ1v) is 6.24. The maximum atomic E-state index is 6.10. The molecular formula is C13H22N2O. The highest BCUT2D eigenvalue weighted by molar-refractivity contribution is 5.29. The molecule has 90 valence electrons. The Bertz CT molecular complexity index is 333. The van der Waals surface area contributed by atoms with Crippen LogP contribution in [0.1, 0.15) is 42.9 Å². The van der Waals surface area contributed by atoms with E-state index in [9.17, 15) is 0 Å². The van der Waals surface area contributed by atoms with Crippen LogP contribution in [0, 0.1) is 0 Å². The number of aromatic nitrogens is 1. The lowest BCUT2D eigenvalue weighted by atomic mass is 9.92. The first-order valence-electron chi connectivity index (χ1n) is 6.24. The highest BCUT2D eigenvalue weighted by Gasteiger charge is 2.18. The summed E-state index contributed by atoms with van der Waals surface area (Å²) in [5.41, 5.74) is 8.94. The number of aryl methyl sites for hydroxylation is 2. The second-order valence-corrected chi connectivity index (χ2v) is 4.68. The summed E-state index contributed by atoms with van der Waals surface area (Å²) in [5, 5.41) is 0. The topological polar surface area (TPSA) is 40.2 Å². The number of ether oxygens (including phenoxy) is 1. The summed E-state index contributed by atoms with van der Waals surface area (Å²) in [4.78, 5) is 0. The van der Waals surface area contributed by atoms with Gasteiger partial charge in [-0.3, -0.25) is 0 Å². The Balaban J connectivity index is 1.91. The number of fused-ring (bicyclic) bond motifs is 1. The van der Waals surface area contributed by atoms with Crippen LogP contribution >= 0.6 is 0 Å². The van der Waals surface area contributed by atoms with Gasteiger partial charge in [-0.25, -0.2) is 0 Å². The molecule has 2 rings (SSSR count). The number of hydrogen-bond donors (Lipinski definition) is 1. The summed E-state index contributed by atoms with van der Waals surface area (Å²) in [6.45, 7) is 1.95.